The van der Waals surface area contributed by atoms with Crippen molar-refractivity contribution in [3.05, 3.63) is 40.1 Å². The van der Waals surface area contributed by atoms with E-state index in [1.165, 1.54) is 13.4 Å². The summed E-state index contributed by atoms with van der Waals surface area (Å²) in [5.41, 5.74) is -0.281. The highest BCUT2D eigenvalue weighted by Crippen LogP contribution is 2.31. The normalized spacial score (nSPS) is 10.3. The Morgan fingerprint density at radius 3 is 2.85 bits per heavy atom. The largest absolute Gasteiger partial charge is 0.476 e. The molecule has 0 radical (unpaired) electrons. The molecule has 0 atom stereocenters. The van der Waals surface area contributed by atoms with E-state index in [9.17, 15) is 10.1 Å². The molecule has 106 valence electrons. The summed E-state index contributed by atoms with van der Waals surface area (Å²) in [6.45, 7) is 2.15. The van der Waals surface area contributed by atoms with Gasteiger partial charge in [0.1, 0.15) is 11.6 Å². The second kappa shape index (κ2) is 6.00. The number of hydrogen-bond donors (Lipinski definition) is 1. The predicted molar refractivity (Wildman–Crippen MR) is 70.7 cm³/mol. The Bertz CT molecular complexity index is 598. The first-order chi connectivity index (χ1) is 9.65. The molecular formula is C12H14N4O4. The minimum absolute atomic E-state index is 0.0520. The number of ether oxygens (including phenoxy) is 1. The van der Waals surface area contributed by atoms with Crippen molar-refractivity contribution in [3.8, 4) is 5.88 Å². The van der Waals surface area contributed by atoms with Crippen LogP contribution in [-0.4, -0.2) is 22.0 Å². The number of nitrogens with one attached hydrogen (secondary N) is 1. The first-order valence-electron chi connectivity index (χ1n) is 6.01. The van der Waals surface area contributed by atoms with Gasteiger partial charge in [0, 0.05) is 6.42 Å². The molecule has 0 aliphatic carbocycles. The van der Waals surface area contributed by atoms with E-state index < -0.39 is 4.92 Å². The maximum Gasteiger partial charge on any atom is 0.372 e. The number of furan rings is 1. The summed E-state index contributed by atoms with van der Waals surface area (Å²) in [7, 11) is 1.34. The van der Waals surface area contributed by atoms with Crippen LogP contribution < -0.4 is 10.1 Å². The molecule has 0 unspecified atom stereocenters. The monoisotopic (exact) mass is 278 g/mol. The molecule has 0 aromatic carbocycles. The van der Waals surface area contributed by atoms with Crippen LogP contribution in [0.3, 0.4) is 0 Å². The Kier molecular flexibility index (Phi) is 4.14. The van der Waals surface area contributed by atoms with Crippen LogP contribution in [-0.2, 0) is 13.0 Å². The molecule has 0 fully saturated rings. The third-order valence-corrected chi connectivity index (χ3v) is 2.60. The molecule has 0 amide bonds. The van der Waals surface area contributed by atoms with Crippen LogP contribution in [0.1, 0.15) is 18.5 Å². The molecule has 8 nitrogen and oxygen atoms in total. The van der Waals surface area contributed by atoms with E-state index in [1.54, 1.807) is 12.1 Å². The standard InChI is InChI=1S/C12H14N4O4/c1-3-9-14-11(13-7-8-5-4-6-20-8)10(16(17)18)12(15-9)19-2/h4-6H,3,7H2,1-2H3,(H,13,14,15). The Morgan fingerprint density at radius 1 is 1.50 bits per heavy atom. The van der Waals surface area contributed by atoms with Gasteiger partial charge in [-0.1, -0.05) is 6.92 Å². The Hall–Kier alpha value is -2.64. The summed E-state index contributed by atoms with van der Waals surface area (Å²) < 4.78 is 10.1. The van der Waals surface area contributed by atoms with Gasteiger partial charge in [0.15, 0.2) is 0 Å². The highest BCUT2D eigenvalue weighted by molar-refractivity contribution is 5.61. The van der Waals surface area contributed by atoms with Crippen molar-refractivity contribution in [2.24, 2.45) is 0 Å². The first-order valence-corrected chi connectivity index (χ1v) is 6.01. The van der Waals surface area contributed by atoms with Crippen LogP contribution in [0, 0.1) is 10.1 Å². The number of methoxy groups -OCH3 is 1. The van der Waals surface area contributed by atoms with Crippen LogP contribution in [0.2, 0.25) is 0 Å². The molecule has 0 saturated carbocycles. The summed E-state index contributed by atoms with van der Waals surface area (Å²) in [6, 6.07) is 3.50. The number of aryl methyl sites for hydroxylation is 1. The van der Waals surface area contributed by atoms with E-state index in [1.807, 2.05) is 6.92 Å². The number of nitrogens with zero attached hydrogens (tertiary/aromatic N) is 3. The molecular weight excluding hydrogens is 264 g/mol. The average Bonchev–Trinajstić information content (AvgIpc) is 2.96. The van der Waals surface area contributed by atoms with Gasteiger partial charge in [0.25, 0.3) is 5.88 Å². The summed E-state index contributed by atoms with van der Waals surface area (Å²) in [5.74, 6) is 1.18. The molecule has 0 bridgehead atoms. The lowest BCUT2D eigenvalue weighted by Gasteiger charge is -2.09. The van der Waals surface area contributed by atoms with Gasteiger partial charge in [-0.2, -0.15) is 4.98 Å². The van der Waals surface area contributed by atoms with Crippen molar-refractivity contribution in [1.82, 2.24) is 9.97 Å². The van der Waals surface area contributed by atoms with E-state index in [0.717, 1.165) is 0 Å². The van der Waals surface area contributed by atoms with Crippen LogP contribution >= 0.6 is 0 Å². The van der Waals surface area contributed by atoms with Crippen molar-refractivity contribution in [2.75, 3.05) is 12.4 Å². The molecule has 1 N–H and O–H groups in total. The molecule has 0 spiro atoms. The minimum atomic E-state index is -0.567. The van der Waals surface area contributed by atoms with Crippen LogP contribution in [0.15, 0.2) is 22.8 Å². The van der Waals surface area contributed by atoms with E-state index in [4.69, 9.17) is 9.15 Å². The SMILES string of the molecule is CCc1nc(NCc2ccco2)c([N+](=O)[O-])c(OC)n1. The average molecular weight is 278 g/mol. The number of nitro groups is 1. The summed E-state index contributed by atoms with van der Waals surface area (Å²) in [5, 5.41) is 14.0. The van der Waals surface area contributed by atoms with E-state index >= 15 is 0 Å². The Labute approximate surface area is 114 Å². The second-order valence-electron chi connectivity index (χ2n) is 3.89. The van der Waals surface area contributed by atoms with Gasteiger partial charge < -0.3 is 14.5 Å². The Morgan fingerprint density at radius 2 is 2.30 bits per heavy atom. The number of hydrogen-bond acceptors (Lipinski definition) is 7. The van der Waals surface area contributed by atoms with Gasteiger partial charge in [-0.3, -0.25) is 10.1 Å². The van der Waals surface area contributed by atoms with Crippen molar-refractivity contribution in [3.63, 3.8) is 0 Å². The van der Waals surface area contributed by atoms with E-state index in [2.05, 4.69) is 15.3 Å². The van der Waals surface area contributed by atoms with Gasteiger partial charge in [0.2, 0.25) is 5.82 Å². The minimum Gasteiger partial charge on any atom is -0.476 e. The number of aromatic nitrogens is 2. The van der Waals surface area contributed by atoms with Gasteiger partial charge >= 0.3 is 5.69 Å². The van der Waals surface area contributed by atoms with Gasteiger partial charge in [-0.15, -0.1) is 0 Å². The molecule has 0 aliphatic rings. The van der Waals surface area contributed by atoms with Crippen LogP contribution in [0.5, 0.6) is 5.88 Å². The fourth-order valence-corrected chi connectivity index (χ4v) is 1.65. The molecule has 2 heterocycles. The molecule has 8 heteroatoms. The van der Waals surface area contributed by atoms with Crippen molar-refractivity contribution in [1.29, 1.82) is 0 Å². The smallest absolute Gasteiger partial charge is 0.372 e. The zero-order valence-electron chi connectivity index (χ0n) is 11.1. The van der Waals surface area contributed by atoms with Gasteiger partial charge in [-0.05, 0) is 12.1 Å². The van der Waals surface area contributed by atoms with Crippen molar-refractivity contribution < 1.29 is 14.1 Å². The topological polar surface area (TPSA) is 103 Å². The van der Waals surface area contributed by atoms with Gasteiger partial charge in [-0.25, -0.2) is 4.98 Å². The summed E-state index contributed by atoms with van der Waals surface area (Å²) in [4.78, 5) is 18.7. The summed E-state index contributed by atoms with van der Waals surface area (Å²) >= 11 is 0. The van der Waals surface area contributed by atoms with Gasteiger partial charge in [0.05, 0.1) is 24.8 Å². The molecule has 20 heavy (non-hydrogen) atoms. The first kappa shape index (κ1) is 13.8. The highest BCUT2D eigenvalue weighted by Gasteiger charge is 2.25. The highest BCUT2D eigenvalue weighted by atomic mass is 16.6. The maximum absolute atomic E-state index is 11.1. The lowest BCUT2D eigenvalue weighted by molar-refractivity contribution is -0.385. The van der Waals surface area contributed by atoms with Crippen molar-refractivity contribution in [2.45, 2.75) is 19.9 Å². The lowest BCUT2D eigenvalue weighted by atomic mass is 10.3. The molecule has 0 aliphatic heterocycles. The van der Waals surface area contributed by atoms with E-state index in [0.29, 0.717) is 18.0 Å². The zero-order valence-corrected chi connectivity index (χ0v) is 11.1. The van der Waals surface area contributed by atoms with Crippen LogP contribution in [0.25, 0.3) is 0 Å². The predicted octanol–water partition coefficient (Wildman–Crippen LogP) is 2.16. The second-order valence-corrected chi connectivity index (χ2v) is 3.89. The fraction of sp³-hybridized carbons (Fsp3) is 0.333. The Balaban J connectivity index is 2.35. The maximum atomic E-state index is 11.1. The fourth-order valence-electron chi connectivity index (χ4n) is 1.65. The van der Waals surface area contributed by atoms with Crippen LogP contribution in [0.4, 0.5) is 11.5 Å². The quantitative estimate of drug-likeness (QED) is 0.637. The third kappa shape index (κ3) is 2.85. The third-order valence-electron chi connectivity index (χ3n) is 2.60. The molecule has 2 rings (SSSR count). The molecule has 0 saturated heterocycles. The number of rotatable bonds is 6. The molecule has 2 aromatic rings. The van der Waals surface area contributed by atoms with E-state index in [-0.39, 0.29) is 23.9 Å². The summed E-state index contributed by atoms with van der Waals surface area (Å²) in [6.07, 6.45) is 2.08. The number of anilines is 1. The van der Waals surface area contributed by atoms with Crippen molar-refractivity contribution >= 4 is 11.5 Å². The lowest BCUT2D eigenvalue weighted by Crippen LogP contribution is -2.09. The zero-order chi connectivity index (χ0) is 14.5. The molecule has 2 aromatic heterocycles.